The van der Waals surface area contributed by atoms with Crippen LogP contribution in [0.25, 0.3) is 0 Å². The lowest BCUT2D eigenvalue weighted by atomic mass is 10.0. The van der Waals surface area contributed by atoms with Gasteiger partial charge in [0.1, 0.15) is 0 Å². The van der Waals surface area contributed by atoms with Gasteiger partial charge in [0.2, 0.25) is 5.91 Å². The summed E-state index contributed by atoms with van der Waals surface area (Å²) in [6.45, 7) is 4.92. The molecule has 0 saturated carbocycles. The molecule has 6 heteroatoms. The van der Waals surface area contributed by atoms with Crippen LogP contribution in [-0.4, -0.2) is 47.4 Å². The number of carbonyl (C=O) groups excluding carboxylic acids is 2. The number of nitrogens with one attached hydrogen (secondary N) is 1. The molecule has 0 aromatic heterocycles. The molecule has 0 rings (SSSR count). The number of unbranched alkanes of at least 4 members (excludes halogenated alkanes) is 49. The van der Waals surface area contributed by atoms with Crippen LogP contribution in [0.2, 0.25) is 0 Å². The number of aliphatic hydroxyl groups is 2. The Kier molecular flexibility index (Phi) is 61.4. The monoisotopic (exact) mass is 1030 g/mol. The zero-order chi connectivity index (χ0) is 52.9. The lowest BCUT2D eigenvalue weighted by molar-refractivity contribution is -0.143. The van der Waals surface area contributed by atoms with Crippen molar-refractivity contribution in [3.8, 4) is 0 Å². The molecule has 2 unspecified atom stereocenters. The lowest BCUT2D eigenvalue weighted by Crippen LogP contribution is -2.45. The number of hydrogen-bond donors (Lipinski definition) is 3. The van der Waals surface area contributed by atoms with Crippen molar-refractivity contribution in [2.24, 2.45) is 0 Å². The molecule has 73 heavy (non-hydrogen) atoms. The van der Waals surface area contributed by atoms with E-state index in [0.29, 0.717) is 19.4 Å². The van der Waals surface area contributed by atoms with Crippen molar-refractivity contribution >= 4 is 11.9 Å². The second-order valence-corrected chi connectivity index (χ2v) is 22.8. The molecule has 0 heterocycles. The maximum Gasteiger partial charge on any atom is 0.305 e. The molecular formula is C67H129NO5. The standard InChI is InChI=1S/C67H129NO5/c1-3-5-7-9-11-13-15-17-19-21-23-24-25-27-31-35-39-43-47-51-55-59-65(70)64(63-69)68-66(71)60-56-52-48-44-40-36-32-28-26-30-34-38-42-46-50-54-58-62-73-67(72)61-57-53-49-45-41-37-33-29-22-20-18-16-14-12-10-8-6-4-2/h20,22,55,59,64-65,69-70H,3-19,21,23-54,56-58,60-63H2,1-2H3,(H,68,71)/b22-20-,59-55+. The van der Waals surface area contributed by atoms with E-state index in [9.17, 15) is 19.8 Å². The van der Waals surface area contributed by atoms with E-state index in [0.717, 1.165) is 44.9 Å². The molecule has 0 aromatic carbocycles. The van der Waals surface area contributed by atoms with Gasteiger partial charge in [-0.05, 0) is 57.8 Å². The summed E-state index contributed by atoms with van der Waals surface area (Å²) in [5.41, 5.74) is 0. The van der Waals surface area contributed by atoms with Gasteiger partial charge in [0, 0.05) is 12.8 Å². The highest BCUT2D eigenvalue weighted by atomic mass is 16.5. The van der Waals surface area contributed by atoms with Gasteiger partial charge in [-0.2, -0.15) is 0 Å². The van der Waals surface area contributed by atoms with Gasteiger partial charge in [-0.3, -0.25) is 9.59 Å². The highest BCUT2D eigenvalue weighted by molar-refractivity contribution is 5.76. The predicted molar refractivity (Wildman–Crippen MR) is 320 cm³/mol. The Morgan fingerprint density at radius 1 is 0.370 bits per heavy atom. The summed E-state index contributed by atoms with van der Waals surface area (Å²) in [5.74, 6) is -0.0673. The molecule has 0 aliphatic heterocycles. The first kappa shape index (κ1) is 71.3. The van der Waals surface area contributed by atoms with E-state index in [1.54, 1.807) is 6.08 Å². The van der Waals surface area contributed by atoms with Crippen LogP contribution in [0, 0.1) is 0 Å². The normalized spacial score (nSPS) is 12.7. The molecule has 0 saturated heterocycles. The second kappa shape index (κ2) is 62.9. The minimum atomic E-state index is -0.849. The first-order chi connectivity index (χ1) is 36.0. The van der Waals surface area contributed by atoms with Crippen LogP contribution >= 0.6 is 0 Å². The van der Waals surface area contributed by atoms with E-state index in [-0.39, 0.29) is 18.5 Å². The van der Waals surface area contributed by atoms with Crippen molar-refractivity contribution in [2.45, 2.75) is 379 Å². The van der Waals surface area contributed by atoms with Gasteiger partial charge in [-0.15, -0.1) is 0 Å². The van der Waals surface area contributed by atoms with Gasteiger partial charge < -0.3 is 20.3 Å². The largest absolute Gasteiger partial charge is 0.466 e. The van der Waals surface area contributed by atoms with E-state index < -0.39 is 12.1 Å². The Bertz CT molecular complexity index is 1140. The Morgan fingerprint density at radius 2 is 0.644 bits per heavy atom. The van der Waals surface area contributed by atoms with Crippen LogP contribution in [0.3, 0.4) is 0 Å². The van der Waals surface area contributed by atoms with E-state index in [2.05, 4.69) is 31.3 Å². The van der Waals surface area contributed by atoms with E-state index >= 15 is 0 Å². The SMILES string of the molecule is CCCCCCCCC/C=C\CCCCCCCCCC(=O)OCCCCCCCCCCCCCCCCCCCC(=O)NC(CO)C(O)/C=C/CCCCCCCCCCCCCCCCCCCCC. The van der Waals surface area contributed by atoms with Gasteiger partial charge in [0.25, 0.3) is 0 Å². The molecule has 0 aromatic rings. The summed E-state index contributed by atoms with van der Waals surface area (Å²) in [6.07, 6.45) is 77.9. The average molecular weight is 1030 g/mol. The second-order valence-electron chi connectivity index (χ2n) is 22.8. The molecule has 432 valence electrons. The summed E-state index contributed by atoms with van der Waals surface area (Å²) in [5, 5.41) is 23.2. The number of hydrogen-bond acceptors (Lipinski definition) is 5. The Hall–Kier alpha value is -1.66. The van der Waals surface area contributed by atoms with Crippen molar-refractivity contribution < 1.29 is 24.5 Å². The van der Waals surface area contributed by atoms with Gasteiger partial charge in [0.15, 0.2) is 0 Å². The molecule has 0 aliphatic carbocycles. The maximum absolute atomic E-state index is 12.5. The summed E-state index contributed by atoms with van der Waals surface area (Å²) in [6, 6.07) is -0.633. The van der Waals surface area contributed by atoms with Crippen molar-refractivity contribution in [1.29, 1.82) is 0 Å². The number of ether oxygens (including phenoxy) is 1. The van der Waals surface area contributed by atoms with Crippen LogP contribution < -0.4 is 5.32 Å². The Morgan fingerprint density at radius 3 is 0.973 bits per heavy atom. The van der Waals surface area contributed by atoms with Gasteiger partial charge >= 0.3 is 5.97 Å². The number of allylic oxidation sites excluding steroid dienone is 3. The summed E-state index contributed by atoms with van der Waals surface area (Å²) in [7, 11) is 0. The molecule has 0 aliphatic rings. The number of aliphatic hydroxyl groups excluding tert-OH is 2. The Labute approximate surface area is 456 Å². The van der Waals surface area contributed by atoms with Gasteiger partial charge in [-0.25, -0.2) is 0 Å². The molecule has 3 N–H and O–H groups in total. The molecule has 6 nitrogen and oxygen atoms in total. The van der Waals surface area contributed by atoms with E-state index in [4.69, 9.17) is 4.74 Å². The molecule has 2 atom stereocenters. The van der Waals surface area contributed by atoms with Crippen molar-refractivity contribution in [2.75, 3.05) is 13.2 Å². The average Bonchev–Trinajstić information content (AvgIpc) is 3.39. The molecule has 0 bridgehead atoms. The topological polar surface area (TPSA) is 95.9 Å². The third kappa shape index (κ3) is 59.4. The van der Waals surface area contributed by atoms with Crippen LogP contribution in [-0.2, 0) is 14.3 Å². The van der Waals surface area contributed by atoms with Crippen molar-refractivity contribution in [3.05, 3.63) is 24.3 Å². The first-order valence-electron chi connectivity index (χ1n) is 33.1. The third-order valence-electron chi connectivity index (χ3n) is 15.5. The van der Waals surface area contributed by atoms with Gasteiger partial charge in [-0.1, -0.05) is 321 Å². The molecule has 0 radical (unpaired) electrons. The van der Waals surface area contributed by atoms with Crippen LogP contribution in [0.5, 0.6) is 0 Å². The molecular weight excluding hydrogens is 899 g/mol. The zero-order valence-electron chi connectivity index (χ0n) is 49.4. The fourth-order valence-corrected chi connectivity index (χ4v) is 10.4. The minimum Gasteiger partial charge on any atom is -0.466 e. The van der Waals surface area contributed by atoms with Crippen LogP contribution in [0.15, 0.2) is 24.3 Å². The smallest absolute Gasteiger partial charge is 0.305 e. The fourth-order valence-electron chi connectivity index (χ4n) is 10.4. The number of esters is 1. The van der Waals surface area contributed by atoms with E-state index in [1.165, 1.54) is 295 Å². The number of rotatable bonds is 62. The quantitative estimate of drug-likeness (QED) is 0.0320. The summed E-state index contributed by atoms with van der Waals surface area (Å²) < 4.78 is 5.50. The molecule has 1 amide bonds. The minimum absolute atomic E-state index is 0.00243. The predicted octanol–water partition coefficient (Wildman–Crippen LogP) is 21.0. The van der Waals surface area contributed by atoms with Gasteiger partial charge in [0.05, 0.1) is 25.4 Å². The van der Waals surface area contributed by atoms with E-state index in [1.807, 2.05) is 6.08 Å². The summed E-state index contributed by atoms with van der Waals surface area (Å²) in [4.78, 5) is 24.6. The highest BCUT2D eigenvalue weighted by Crippen LogP contribution is 2.18. The fraction of sp³-hybridized carbons (Fsp3) is 0.910. The number of carbonyl (C=O) groups is 2. The lowest BCUT2D eigenvalue weighted by Gasteiger charge is -2.20. The molecule has 0 fully saturated rings. The zero-order valence-corrected chi connectivity index (χ0v) is 49.4. The van der Waals surface area contributed by atoms with Crippen molar-refractivity contribution in [3.63, 3.8) is 0 Å². The maximum atomic E-state index is 12.5. The number of amides is 1. The first-order valence-corrected chi connectivity index (χ1v) is 33.1. The molecule has 0 spiro atoms. The third-order valence-corrected chi connectivity index (χ3v) is 15.5. The Balaban J connectivity index is 3.43. The van der Waals surface area contributed by atoms with Crippen LogP contribution in [0.1, 0.15) is 367 Å². The summed E-state index contributed by atoms with van der Waals surface area (Å²) >= 11 is 0. The van der Waals surface area contributed by atoms with Crippen molar-refractivity contribution in [1.82, 2.24) is 5.32 Å². The highest BCUT2D eigenvalue weighted by Gasteiger charge is 2.18. The van der Waals surface area contributed by atoms with Crippen LogP contribution in [0.4, 0.5) is 0 Å².